The normalized spacial score (nSPS) is 15.4. The number of nitrogens with zero attached hydrogens (tertiary/aromatic N) is 9. The standard InChI is InChI=1S/C26H27FN10.H2S/c1-26(28,20-3-5-22(27)6-4-20)21-13-29-25(30-14-21)36-9-7-35(8-10-36)24-23-11-18(16-37(23)33-17-31-24)19-12-32-34(2)15-19;/h3-6,11-17H,7-10,28H2,1-2H3;1H2/t26-;/m0./s1. The Morgan fingerprint density at radius 2 is 1.53 bits per heavy atom. The van der Waals surface area contributed by atoms with Gasteiger partial charge in [0.25, 0.3) is 0 Å². The van der Waals surface area contributed by atoms with Crippen LogP contribution in [0.4, 0.5) is 16.2 Å². The van der Waals surface area contributed by atoms with Crippen molar-refractivity contribution in [1.82, 2.24) is 34.3 Å². The predicted octanol–water partition coefficient (Wildman–Crippen LogP) is 2.72. The van der Waals surface area contributed by atoms with Gasteiger partial charge in [-0.05, 0) is 30.7 Å². The molecule has 5 aromatic rings. The Labute approximate surface area is 226 Å². The molecular weight excluding hydrogens is 503 g/mol. The van der Waals surface area contributed by atoms with Crippen LogP contribution in [0.2, 0.25) is 0 Å². The fourth-order valence-corrected chi connectivity index (χ4v) is 4.72. The zero-order valence-electron chi connectivity index (χ0n) is 21.2. The van der Waals surface area contributed by atoms with Crippen LogP contribution in [0, 0.1) is 5.82 Å². The van der Waals surface area contributed by atoms with Gasteiger partial charge in [-0.1, -0.05) is 12.1 Å². The third-order valence-corrected chi connectivity index (χ3v) is 6.97. The van der Waals surface area contributed by atoms with Gasteiger partial charge in [-0.25, -0.2) is 23.9 Å². The summed E-state index contributed by atoms with van der Waals surface area (Å²) in [5.74, 6) is 1.27. The van der Waals surface area contributed by atoms with Crippen LogP contribution in [0.3, 0.4) is 0 Å². The summed E-state index contributed by atoms with van der Waals surface area (Å²) in [5, 5.41) is 8.67. The zero-order valence-corrected chi connectivity index (χ0v) is 22.2. The molecule has 12 heteroatoms. The van der Waals surface area contributed by atoms with Crippen molar-refractivity contribution in [3.63, 3.8) is 0 Å². The second-order valence-electron chi connectivity index (χ2n) is 9.50. The van der Waals surface area contributed by atoms with E-state index in [-0.39, 0.29) is 19.3 Å². The summed E-state index contributed by atoms with van der Waals surface area (Å²) in [6, 6.07) is 8.31. The number of hydrogen-bond donors (Lipinski definition) is 1. The Hall–Kier alpha value is -4.03. The van der Waals surface area contributed by atoms with E-state index in [9.17, 15) is 4.39 Å². The van der Waals surface area contributed by atoms with E-state index < -0.39 is 5.54 Å². The van der Waals surface area contributed by atoms with E-state index in [4.69, 9.17) is 5.73 Å². The molecule has 38 heavy (non-hydrogen) atoms. The van der Waals surface area contributed by atoms with Gasteiger partial charge in [0.05, 0.1) is 11.7 Å². The van der Waals surface area contributed by atoms with Gasteiger partial charge in [0.2, 0.25) is 5.95 Å². The van der Waals surface area contributed by atoms with Gasteiger partial charge in [0.1, 0.15) is 17.7 Å². The van der Waals surface area contributed by atoms with Crippen molar-refractivity contribution in [2.75, 3.05) is 36.0 Å². The molecule has 1 aromatic carbocycles. The number of hydrogen-bond acceptors (Lipinski definition) is 8. The average molecular weight is 533 g/mol. The van der Waals surface area contributed by atoms with Gasteiger partial charge in [-0.3, -0.25) is 4.68 Å². The Morgan fingerprint density at radius 1 is 0.842 bits per heavy atom. The first-order valence-corrected chi connectivity index (χ1v) is 12.1. The largest absolute Gasteiger partial charge is 0.351 e. The highest BCUT2D eigenvalue weighted by molar-refractivity contribution is 7.59. The molecule has 4 aromatic heterocycles. The highest BCUT2D eigenvalue weighted by atomic mass is 32.1. The summed E-state index contributed by atoms with van der Waals surface area (Å²) in [7, 11) is 1.90. The molecule has 10 nitrogen and oxygen atoms in total. The molecule has 0 unspecified atom stereocenters. The zero-order chi connectivity index (χ0) is 25.6. The van der Waals surface area contributed by atoms with Crippen LogP contribution in [0.15, 0.2) is 67.6 Å². The average Bonchev–Trinajstić information content (AvgIpc) is 3.55. The summed E-state index contributed by atoms with van der Waals surface area (Å²) in [4.78, 5) is 18.2. The first-order valence-electron chi connectivity index (χ1n) is 12.1. The van der Waals surface area contributed by atoms with Crippen LogP contribution in [0.5, 0.6) is 0 Å². The minimum atomic E-state index is -0.824. The molecule has 2 N–H and O–H groups in total. The van der Waals surface area contributed by atoms with Crippen molar-refractivity contribution < 1.29 is 4.39 Å². The lowest BCUT2D eigenvalue weighted by Gasteiger charge is -2.35. The van der Waals surface area contributed by atoms with Crippen LogP contribution in [0.1, 0.15) is 18.1 Å². The number of fused-ring (bicyclic) bond motifs is 1. The van der Waals surface area contributed by atoms with Gasteiger partial charge in [0.15, 0.2) is 5.82 Å². The number of piperazine rings is 1. The van der Waals surface area contributed by atoms with Crippen LogP contribution in [-0.4, -0.2) is 60.5 Å². The summed E-state index contributed by atoms with van der Waals surface area (Å²) in [6.07, 6.45) is 10.9. The molecule has 5 heterocycles. The third-order valence-electron chi connectivity index (χ3n) is 6.97. The Morgan fingerprint density at radius 3 is 2.18 bits per heavy atom. The molecule has 1 aliphatic rings. The lowest BCUT2D eigenvalue weighted by Crippen LogP contribution is -2.47. The van der Waals surface area contributed by atoms with E-state index in [0.717, 1.165) is 59.8 Å². The third kappa shape index (κ3) is 4.68. The van der Waals surface area contributed by atoms with Gasteiger partial charge in [0, 0.05) is 74.7 Å². The minimum absolute atomic E-state index is 0. The van der Waals surface area contributed by atoms with E-state index >= 15 is 0 Å². The summed E-state index contributed by atoms with van der Waals surface area (Å²) >= 11 is 0. The molecule has 0 spiro atoms. The van der Waals surface area contributed by atoms with Gasteiger partial charge in [-0.15, -0.1) is 0 Å². The van der Waals surface area contributed by atoms with E-state index in [2.05, 4.69) is 41.0 Å². The fraction of sp³-hybridized carbons (Fsp3) is 0.269. The molecule has 0 aliphatic carbocycles. The maximum atomic E-state index is 13.3. The lowest BCUT2D eigenvalue weighted by atomic mass is 9.87. The molecule has 1 fully saturated rings. The topological polar surface area (TPSA) is 106 Å². The van der Waals surface area contributed by atoms with Gasteiger partial charge in [-0.2, -0.15) is 23.7 Å². The second kappa shape index (κ2) is 10.0. The van der Waals surface area contributed by atoms with E-state index in [1.165, 1.54) is 12.1 Å². The van der Waals surface area contributed by atoms with Gasteiger partial charge >= 0.3 is 0 Å². The molecule has 1 saturated heterocycles. The van der Waals surface area contributed by atoms with E-state index in [0.29, 0.717) is 5.95 Å². The van der Waals surface area contributed by atoms with E-state index in [1.807, 2.05) is 37.1 Å². The predicted molar refractivity (Wildman–Crippen MR) is 149 cm³/mol. The number of rotatable bonds is 5. The van der Waals surface area contributed by atoms with Crippen molar-refractivity contribution in [3.05, 3.63) is 84.6 Å². The molecule has 196 valence electrons. The molecule has 0 amide bonds. The van der Waals surface area contributed by atoms with Gasteiger partial charge < -0.3 is 15.5 Å². The molecule has 0 radical (unpaired) electrons. The minimum Gasteiger partial charge on any atom is -0.351 e. The van der Waals surface area contributed by atoms with Crippen molar-refractivity contribution in [3.8, 4) is 11.1 Å². The summed E-state index contributed by atoms with van der Waals surface area (Å²) < 4.78 is 17.0. The fourth-order valence-electron chi connectivity index (χ4n) is 4.72. The van der Waals surface area contributed by atoms with Crippen molar-refractivity contribution >= 4 is 30.8 Å². The highest BCUT2D eigenvalue weighted by Gasteiger charge is 2.26. The maximum absolute atomic E-state index is 13.3. The summed E-state index contributed by atoms with van der Waals surface area (Å²) in [6.45, 7) is 4.93. The number of aryl methyl sites for hydroxylation is 1. The first-order chi connectivity index (χ1) is 17.9. The highest BCUT2D eigenvalue weighted by Crippen LogP contribution is 2.29. The first kappa shape index (κ1) is 25.6. The SMILES string of the molecule is Cn1cc(-c2cc3c(N4CCN(c5ncc([C@@](C)(N)c6ccc(F)cc6)cn5)CC4)ncnn3c2)cn1.S. The molecule has 0 saturated carbocycles. The molecular formula is C26H29FN10S. The molecule has 1 atom stereocenters. The molecule has 1 aliphatic heterocycles. The smallest absolute Gasteiger partial charge is 0.225 e. The number of nitrogens with two attached hydrogens (primary N) is 1. The Bertz CT molecular complexity index is 1540. The number of benzene rings is 1. The lowest BCUT2D eigenvalue weighted by molar-refractivity contribution is 0.585. The Balaban J connectivity index is 0.00000294. The molecule has 0 bridgehead atoms. The number of aromatic nitrogens is 7. The van der Waals surface area contributed by atoms with Crippen LogP contribution in [-0.2, 0) is 12.6 Å². The van der Waals surface area contributed by atoms with E-state index in [1.54, 1.807) is 35.5 Å². The second-order valence-corrected chi connectivity index (χ2v) is 9.50. The van der Waals surface area contributed by atoms with Crippen molar-refractivity contribution in [1.29, 1.82) is 0 Å². The Kier molecular flexibility index (Phi) is 6.76. The van der Waals surface area contributed by atoms with Crippen molar-refractivity contribution in [2.24, 2.45) is 12.8 Å². The van der Waals surface area contributed by atoms with Crippen LogP contribution < -0.4 is 15.5 Å². The van der Waals surface area contributed by atoms with Crippen LogP contribution >= 0.6 is 13.5 Å². The number of anilines is 2. The van der Waals surface area contributed by atoms with Crippen LogP contribution in [0.25, 0.3) is 16.6 Å². The number of halogens is 1. The van der Waals surface area contributed by atoms with Crippen molar-refractivity contribution in [2.45, 2.75) is 12.5 Å². The molecule has 6 rings (SSSR count). The maximum Gasteiger partial charge on any atom is 0.225 e. The quantitative estimate of drug-likeness (QED) is 0.368. The monoisotopic (exact) mass is 532 g/mol. The summed E-state index contributed by atoms with van der Waals surface area (Å²) in [5.41, 5.74) is 10.4.